The lowest BCUT2D eigenvalue weighted by Gasteiger charge is -2.34. The number of ether oxygens (including phenoxy) is 2. The number of nitrogens with zero attached hydrogens (tertiary/aromatic N) is 1. The molecule has 4 rings (SSSR count). The van der Waals surface area contributed by atoms with E-state index >= 15 is 0 Å². The molecule has 1 amide bonds. The van der Waals surface area contributed by atoms with E-state index in [-0.39, 0.29) is 30.3 Å². The summed E-state index contributed by atoms with van der Waals surface area (Å²) in [7, 11) is 0. The van der Waals surface area contributed by atoms with Crippen molar-refractivity contribution in [3.63, 3.8) is 0 Å². The van der Waals surface area contributed by atoms with Gasteiger partial charge in [-0.25, -0.2) is 4.98 Å². The van der Waals surface area contributed by atoms with Crippen molar-refractivity contribution in [3.8, 4) is 5.75 Å². The van der Waals surface area contributed by atoms with Gasteiger partial charge in [0.25, 0.3) is 0 Å². The van der Waals surface area contributed by atoms with Gasteiger partial charge in [-0.15, -0.1) is 11.3 Å². The first kappa shape index (κ1) is 18.5. The molecule has 1 aromatic carbocycles. The Labute approximate surface area is 165 Å². The monoisotopic (exact) mass is 400 g/mol. The number of thiazole rings is 1. The molecule has 1 N–H and O–H groups in total. The maximum Gasteiger partial charge on any atom is 0.311 e. The first-order chi connectivity index (χ1) is 13.6. The second-order valence-corrected chi connectivity index (χ2v) is 7.48. The number of amides is 1. The number of furan rings is 1. The van der Waals surface area contributed by atoms with Crippen molar-refractivity contribution in [2.45, 2.75) is 32.3 Å². The fourth-order valence-electron chi connectivity index (χ4n) is 3.13. The first-order valence-corrected chi connectivity index (χ1v) is 10.0. The molecule has 7 nitrogen and oxygen atoms in total. The highest BCUT2D eigenvalue weighted by atomic mass is 32.1. The van der Waals surface area contributed by atoms with Crippen LogP contribution in [0.5, 0.6) is 5.75 Å². The van der Waals surface area contributed by atoms with Crippen molar-refractivity contribution >= 4 is 39.3 Å². The summed E-state index contributed by atoms with van der Waals surface area (Å²) in [6, 6.07) is 7.66. The Kier molecular flexibility index (Phi) is 5.29. The molecular formula is C20H20N2O5S. The van der Waals surface area contributed by atoms with Crippen LogP contribution in [-0.4, -0.2) is 29.6 Å². The van der Waals surface area contributed by atoms with Crippen molar-refractivity contribution in [1.82, 2.24) is 4.98 Å². The molecule has 0 spiro atoms. The van der Waals surface area contributed by atoms with Crippen molar-refractivity contribution in [3.05, 3.63) is 41.6 Å². The lowest BCUT2D eigenvalue weighted by molar-refractivity contribution is -0.142. The van der Waals surface area contributed by atoms with Crippen LogP contribution in [0.25, 0.3) is 11.0 Å². The number of hydrogen-bond donors (Lipinski definition) is 1. The van der Waals surface area contributed by atoms with Gasteiger partial charge in [-0.3, -0.25) is 9.59 Å². The Balaban J connectivity index is 1.27. The van der Waals surface area contributed by atoms with Crippen molar-refractivity contribution in [2.24, 2.45) is 5.92 Å². The summed E-state index contributed by atoms with van der Waals surface area (Å²) >= 11 is 1.30. The van der Waals surface area contributed by atoms with E-state index in [4.69, 9.17) is 13.9 Å². The molecule has 146 valence electrons. The number of rotatable bonds is 7. The molecule has 28 heavy (non-hydrogen) atoms. The normalized spacial score (nSPS) is 18.5. The highest BCUT2D eigenvalue weighted by molar-refractivity contribution is 7.13. The molecule has 3 aromatic rings. The smallest absolute Gasteiger partial charge is 0.311 e. The van der Waals surface area contributed by atoms with Gasteiger partial charge in [-0.2, -0.15) is 0 Å². The summed E-state index contributed by atoms with van der Waals surface area (Å²) in [5.74, 6) is 0.192. The van der Waals surface area contributed by atoms with Crippen LogP contribution < -0.4 is 10.1 Å². The van der Waals surface area contributed by atoms with E-state index in [1.807, 2.05) is 24.3 Å². The number of nitrogens with one attached hydrogen (secondary N) is 1. The van der Waals surface area contributed by atoms with Crippen molar-refractivity contribution < 1.29 is 23.5 Å². The summed E-state index contributed by atoms with van der Waals surface area (Å²) in [4.78, 5) is 28.2. The van der Waals surface area contributed by atoms with Gasteiger partial charge in [0.2, 0.25) is 5.91 Å². The fourth-order valence-corrected chi connectivity index (χ4v) is 3.84. The zero-order chi connectivity index (χ0) is 19.5. The highest BCUT2D eigenvalue weighted by Crippen LogP contribution is 2.35. The Morgan fingerprint density at radius 3 is 3.00 bits per heavy atom. The maximum atomic E-state index is 12.4. The lowest BCUT2D eigenvalue weighted by Crippen LogP contribution is -2.40. The van der Waals surface area contributed by atoms with Gasteiger partial charge in [-0.05, 0) is 31.9 Å². The summed E-state index contributed by atoms with van der Waals surface area (Å²) in [5, 5.41) is 6.06. The van der Waals surface area contributed by atoms with Gasteiger partial charge in [0, 0.05) is 16.7 Å². The molecular weight excluding hydrogens is 380 g/mol. The number of para-hydroxylation sites is 1. The molecule has 0 aliphatic heterocycles. The molecule has 0 bridgehead atoms. The van der Waals surface area contributed by atoms with Crippen molar-refractivity contribution in [1.29, 1.82) is 0 Å². The van der Waals surface area contributed by atoms with E-state index in [1.54, 1.807) is 18.6 Å². The third kappa shape index (κ3) is 4.01. The SMILES string of the molecule is CCOC(=O)Cc1csc(NC(=O)[C@H]2C[C@H](Oc3cccc4ccoc34)C2)n1. The van der Waals surface area contributed by atoms with Crippen LogP contribution in [0.2, 0.25) is 0 Å². The summed E-state index contributed by atoms with van der Waals surface area (Å²) in [5.41, 5.74) is 1.33. The molecule has 0 radical (unpaired) electrons. The van der Waals surface area contributed by atoms with Crippen LogP contribution in [0.4, 0.5) is 5.13 Å². The van der Waals surface area contributed by atoms with Crippen LogP contribution in [-0.2, 0) is 20.7 Å². The summed E-state index contributed by atoms with van der Waals surface area (Å²) in [6.45, 7) is 2.10. The third-order valence-electron chi connectivity index (χ3n) is 4.61. The number of esters is 1. The second-order valence-electron chi connectivity index (χ2n) is 6.62. The van der Waals surface area contributed by atoms with E-state index in [9.17, 15) is 9.59 Å². The second kappa shape index (κ2) is 8.02. The van der Waals surface area contributed by atoms with Crippen LogP contribution in [0.15, 0.2) is 40.3 Å². The zero-order valence-electron chi connectivity index (χ0n) is 15.3. The Bertz CT molecular complexity index is 989. The van der Waals surface area contributed by atoms with Gasteiger partial charge >= 0.3 is 5.97 Å². The third-order valence-corrected chi connectivity index (χ3v) is 5.42. The van der Waals surface area contributed by atoms with E-state index in [1.165, 1.54) is 11.3 Å². The predicted molar refractivity (Wildman–Crippen MR) is 104 cm³/mol. The quantitative estimate of drug-likeness (QED) is 0.607. The lowest BCUT2D eigenvalue weighted by atomic mass is 9.81. The van der Waals surface area contributed by atoms with Crippen LogP contribution in [0.1, 0.15) is 25.5 Å². The zero-order valence-corrected chi connectivity index (χ0v) is 16.2. The van der Waals surface area contributed by atoms with E-state index < -0.39 is 0 Å². The molecule has 0 saturated heterocycles. The minimum atomic E-state index is -0.323. The standard InChI is InChI=1S/C20H20N2O5S/c1-2-25-17(23)10-14-11-28-20(21-14)22-19(24)13-8-15(9-13)27-16-5-3-4-12-6-7-26-18(12)16/h3-7,11,13,15H,2,8-10H2,1H3,(H,21,22,24)/t13-,15-. The molecule has 1 saturated carbocycles. The fraction of sp³-hybridized carbons (Fsp3) is 0.350. The average Bonchev–Trinajstić information content (AvgIpc) is 3.27. The molecule has 1 aliphatic carbocycles. The number of anilines is 1. The Morgan fingerprint density at radius 1 is 1.32 bits per heavy atom. The number of fused-ring (bicyclic) bond motifs is 1. The topological polar surface area (TPSA) is 90.7 Å². The number of carbonyl (C=O) groups excluding carboxylic acids is 2. The first-order valence-electron chi connectivity index (χ1n) is 9.16. The number of carbonyl (C=O) groups is 2. The van der Waals surface area contributed by atoms with Crippen molar-refractivity contribution in [2.75, 3.05) is 11.9 Å². The Hall–Kier alpha value is -2.87. The van der Waals surface area contributed by atoms with Gasteiger partial charge < -0.3 is 19.2 Å². The molecule has 2 heterocycles. The predicted octanol–water partition coefficient (Wildman–Crippen LogP) is 3.79. The molecule has 0 unspecified atom stereocenters. The minimum Gasteiger partial charge on any atom is -0.486 e. The minimum absolute atomic E-state index is 0.0119. The number of benzene rings is 1. The van der Waals surface area contributed by atoms with Gasteiger partial charge in [-0.1, -0.05) is 12.1 Å². The van der Waals surface area contributed by atoms with E-state index in [0.717, 1.165) is 11.0 Å². The summed E-state index contributed by atoms with van der Waals surface area (Å²) < 4.78 is 16.4. The van der Waals surface area contributed by atoms with E-state index in [0.29, 0.717) is 36.0 Å². The van der Waals surface area contributed by atoms with E-state index in [2.05, 4.69) is 10.3 Å². The van der Waals surface area contributed by atoms with Gasteiger partial charge in [0.15, 0.2) is 16.5 Å². The van der Waals surface area contributed by atoms with Crippen LogP contribution >= 0.6 is 11.3 Å². The molecule has 0 atom stereocenters. The number of aromatic nitrogens is 1. The molecule has 8 heteroatoms. The largest absolute Gasteiger partial charge is 0.486 e. The van der Waals surface area contributed by atoms with Gasteiger partial charge in [0.05, 0.1) is 25.0 Å². The summed E-state index contributed by atoms with van der Waals surface area (Å²) in [6.07, 6.45) is 3.02. The Morgan fingerprint density at radius 2 is 2.18 bits per heavy atom. The maximum absolute atomic E-state index is 12.4. The average molecular weight is 400 g/mol. The highest BCUT2D eigenvalue weighted by Gasteiger charge is 2.36. The molecule has 2 aromatic heterocycles. The van der Waals surface area contributed by atoms with Crippen LogP contribution in [0.3, 0.4) is 0 Å². The molecule has 1 aliphatic rings. The number of hydrogen-bond acceptors (Lipinski definition) is 7. The van der Waals surface area contributed by atoms with Crippen LogP contribution in [0, 0.1) is 5.92 Å². The molecule has 1 fully saturated rings. The van der Waals surface area contributed by atoms with Gasteiger partial charge in [0.1, 0.15) is 6.10 Å².